The maximum absolute atomic E-state index is 13.3. The largest absolute Gasteiger partial charge is 0.392 e. The molecular formula is C15H18F2N2O2. The van der Waals surface area contributed by atoms with Crippen molar-refractivity contribution in [3.63, 3.8) is 0 Å². The lowest BCUT2D eigenvalue weighted by Gasteiger charge is -2.37. The zero-order valence-corrected chi connectivity index (χ0v) is 11.6. The molecule has 3 atom stereocenters. The van der Waals surface area contributed by atoms with E-state index in [1.165, 1.54) is 4.90 Å². The van der Waals surface area contributed by atoms with E-state index in [9.17, 15) is 18.7 Å². The highest BCUT2D eigenvalue weighted by molar-refractivity contribution is 6.00. The fourth-order valence-electron chi connectivity index (χ4n) is 3.51. The second-order valence-electron chi connectivity index (χ2n) is 6.09. The monoisotopic (exact) mass is 296 g/mol. The molecule has 114 valence electrons. The third-order valence-electron chi connectivity index (χ3n) is 4.71. The van der Waals surface area contributed by atoms with Crippen LogP contribution in [0.2, 0.25) is 0 Å². The summed E-state index contributed by atoms with van der Waals surface area (Å²) in [5, 5.41) is 9.71. The molecule has 0 radical (unpaired) electrons. The summed E-state index contributed by atoms with van der Waals surface area (Å²) in [5.41, 5.74) is 5.54. The van der Waals surface area contributed by atoms with Gasteiger partial charge in [-0.05, 0) is 37.8 Å². The van der Waals surface area contributed by atoms with Crippen molar-refractivity contribution < 1.29 is 18.7 Å². The Bertz CT molecular complexity index is 561. The summed E-state index contributed by atoms with van der Waals surface area (Å²) in [4.78, 5) is 14.1. The lowest BCUT2D eigenvalue weighted by Crippen LogP contribution is -2.48. The van der Waals surface area contributed by atoms with Crippen molar-refractivity contribution in [3.05, 3.63) is 29.8 Å². The average Bonchev–Trinajstić information content (AvgIpc) is 2.71. The van der Waals surface area contributed by atoms with Crippen LogP contribution in [0.1, 0.15) is 25.7 Å². The Balaban J connectivity index is 1.86. The number of halogens is 2. The van der Waals surface area contributed by atoms with Gasteiger partial charge in [-0.15, -0.1) is 0 Å². The standard InChI is InChI=1S/C15H18F2N2O2/c16-9-5-10(17)7-11(6-9)19-4-3-15(14(19)21)2-1-13(20)12(18)8-15/h5-7,12-13,20H,1-4,8,18H2. The minimum absolute atomic E-state index is 0.144. The molecule has 6 heteroatoms. The Hall–Kier alpha value is -1.53. The van der Waals surface area contributed by atoms with E-state index in [4.69, 9.17) is 5.73 Å². The molecule has 1 saturated carbocycles. The van der Waals surface area contributed by atoms with Crippen LogP contribution in [0.15, 0.2) is 18.2 Å². The van der Waals surface area contributed by atoms with Crippen LogP contribution in [-0.2, 0) is 4.79 Å². The lowest BCUT2D eigenvalue weighted by molar-refractivity contribution is -0.128. The molecule has 2 aliphatic rings. The van der Waals surface area contributed by atoms with Crippen LogP contribution in [0.5, 0.6) is 0 Å². The summed E-state index contributed by atoms with van der Waals surface area (Å²) in [6.45, 7) is 0.421. The van der Waals surface area contributed by atoms with Crippen LogP contribution in [0, 0.1) is 17.0 Å². The molecule has 1 aliphatic heterocycles. The quantitative estimate of drug-likeness (QED) is 0.826. The molecule has 0 bridgehead atoms. The number of hydrogen-bond donors (Lipinski definition) is 2. The van der Waals surface area contributed by atoms with E-state index in [0.29, 0.717) is 32.2 Å². The smallest absolute Gasteiger partial charge is 0.233 e. The number of anilines is 1. The number of amides is 1. The van der Waals surface area contributed by atoms with Crippen LogP contribution in [0.3, 0.4) is 0 Å². The summed E-state index contributed by atoms with van der Waals surface area (Å²) in [7, 11) is 0. The SMILES string of the molecule is NC1CC2(CCC1O)CCN(c1cc(F)cc(F)c1)C2=O. The van der Waals surface area contributed by atoms with Gasteiger partial charge in [0.05, 0.1) is 11.5 Å². The summed E-state index contributed by atoms with van der Waals surface area (Å²) in [5.74, 6) is -1.54. The third-order valence-corrected chi connectivity index (χ3v) is 4.71. The van der Waals surface area contributed by atoms with Crippen LogP contribution >= 0.6 is 0 Å². The highest BCUT2D eigenvalue weighted by Crippen LogP contribution is 2.45. The molecule has 4 nitrogen and oxygen atoms in total. The highest BCUT2D eigenvalue weighted by atomic mass is 19.1. The predicted octanol–water partition coefficient (Wildman–Crippen LogP) is 1.56. The first kappa shape index (κ1) is 14.4. The van der Waals surface area contributed by atoms with Gasteiger partial charge in [0, 0.05) is 24.3 Å². The average molecular weight is 296 g/mol. The molecule has 3 N–H and O–H groups in total. The van der Waals surface area contributed by atoms with Crippen LogP contribution in [0.25, 0.3) is 0 Å². The lowest BCUT2D eigenvalue weighted by atomic mass is 9.70. The molecule has 3 unspecified atom stereocenters. The van der Waals surface area contributed by atoms with E-state index < -0.39 is 29.2 Å². The number of carbonyl (C=O) groups is 1. The van der Waals surface area contributed by atoms with Crippen LogP contribution in [0.4, 0.5) is 14.5 Å². The maximum Gasteiger partial charge on any atom is 0.233 e. The van der Waals surface area contributed by atoms with Gasteiger partial charge < -0.3 is 15.7 Å². The van der Waals surface area contributed by atoms with Gasteiger partial charge in [-0.2, -0.15) is 0 Å². The Morgan fingerprint density at radius 2 is 1.90 bits per heavy atom. The van der Waals surface area contributed by atoms with Crippen molar-refractivity contribution in [1.82, 2.24) is 0 Å². The molecule has 1 aromatic carbocycles. The third kappa shape index (κ3) is 2.42. The van der Waals surface area contributed by atoms with Crippen molar-refractivity contribution in [2.45, 2.75) is 37.8 Å². The molecule has 1 amide bonds. The van der Waals surface area contributed by atoms with E-state index in [2.05, 4.69) is 0 Å². The van der Waals surface area contributed by atoms with Crippen LogP contribution < -0.4 is 10.6 Å². The summed E-state index contributed by atoms with van der Waals surface area (Å²) >= 11 is 0. The minimum Gasteiger partial charge on any atom is -0.392 e. The second kappa shape index (κ2) is 5.03. The molecule has 3 rings (SSSR count). The number of rotatable bonds is 1. The molecule has 2 fully saturated rings. The molecule has 1 spiro atoms. The Kier molecular flexibility index (Phi) is 3.45. The minimum atomic E-state index is -0.700. The van der Waals surface area contributed by atoms with Crippen molar-refractivity contribution in [1.29, 1.82) is 0 Å². The van der Waals surface area contributed by atoms with Crippen molar-refractivity contribution in [3.8, 4) is 0 Å². The number of aliphatic hydroxyl groups excluding tert-OH is 1. The first-order chi connectivity index (χ1) is 9.91. The van der Waals surface area contributed by atoms with Gasteiger partial charge in [-0.1, -0.05) is 0 Å². The topological polar surface area (TPSA) is 66.6 Å². The van der Waals surface area contributed by atoms with Gasteiger partial charge in [-0.25, -0.2) is 8.78 Å². The molecular weight excluding hydrogens is 278 g/mol. The Labute approximate surface area is 121 Å². The number of carbonyl (C=O) groups excluding carboxylic acids is 1. The van der Waals surface area contributed by atoms with Gasteiger partial charge in [0.1, 0.15) is 11.6 Å². The Morgan fingerprint density at radius 1 is 1.24 bits per heavy atom. The van der Waals surface area contributed by atoms with Gasteiger partial charge in [0.15, 0.2) is 0 Å². The van der Waals surface area contributed by atoms with Gasteiger partial charge in [0.25, 0.3) is 0 Å². The first-order valence-corrected chi connectivity index (χ1v) is 7.13. The van der Waals surface area contributed by atoms with Crippen molar-refractivity contribution in [2.75, 3.05) is 11.4 Å². The van der Waals surface area contributed by atoms with Crippen molar-refractivity contribution >= 4 is 11.6 Å². The summed E-state index contributed by atoms with van der Waals surface area (Å²) in [6, 6.07) is 2.69. The Morgan fingerprint density at radius 3 is 2.52 bits per heavy atom. The number of benzene rings is 1. The zero-order valence-electron chi connectivity index (χ0n) is 11.6. The molecule has 1 aromatic rings. The van der Waals surface area contributed by atoms with E-state index in [-0.39, 0.29) is 11.6 Å². The number of hydrogen-bond acceptors (Lipinski definition) is 3. The molecule has 0 aromatic heterocycles. The van der Waals surface area contributed by atoms with Gasteiger partial charge in [0.2, 0.25) is 5.91 Å². The summed E-state index contributed by atoms with van der Waals surface area (Å²) in [6.07, 6.45) is 1.49. The van der Waals surface area contributed by atoms with E-state index in [1.54, 1.807) is 0 Å². The molecule has 1 saturated heterocycles. The highest BCUT2D eigenvalue weighted by Gasteiger charge is 2.50. The molecule has 1 aliphatic carbocycles. The number of nitrogens with zero attached hydrogens (tertiary/aromatic N) is 1. The number of aliphatic hydroxyl groups is 1. The van der Waals surface area contributed by atoms with E-state index in [0.717, 1.165) is 18.2 Å². The van der Waals surface area contributed by atoms with E-state index in [1.807, 2.05) is 0 Å². The van der Waals surface area contributed by atoms with E-state index >= 15 is 0 Å². The molecule has 21 heavy (non-hydrogen) atoms. The van der Waals surface area contributed by atoms with Gasteiger partial charge in [-0.3, -0.25) is 4.79 Å². The van der Waals surface area contributed by atoms with Crippen LogP contribution in [-0.4, -0.2) is 29.7 Å². The zero-order chi connectivity index (χ0) is 15.2. The maximum atomic E-state index is 13.3. The van der Waals surface area contributed by atoms with Crippen molar-refractivity contribution in [2.24, 2.45) is 11.1 Å². The number of nitrogens with two attached hydrogens (primary N) is 1. The first-order valence-electron chi connectivity index (χ1n) is 7.13. The normalized spacial score (nSPS) is 33.0. The summed E-state index contributed by atoms with van der Waals surface area (Å²) < 4.78 is 26.6. The predicted molar refractivity (Wildman–Crippen MR) is 73.6 cm³/mol. The fourth-order valence-corrected chi connectivity index (χ4v) is 3.51. The second-order valence-corrected chi connectivity index (χ2v) is 6.09. The fraction of sp³-hybridized carbons (Fsp3) is 0.533. The van der Waals surface area contributed by atoms with Gasteiger partial charge >= 0.3 is 0 Å². The molecule has 1 heterocycles.